The number of carbonyl (C=O) groups excluding carboxylic acids is 2. The van der Waals surface area contributed by atoms with E-state index in [-0.39, 0.29) is 17.6 Å². The molecule has 5 rings (SSSR count). The van der Waals surface area contributed by atoms with Gasteiger partial charge in [-0.2, -0.15) is 4.98 Å². The quantitative estimate of drug-likeness (QED) is 0.396. The number of amides is 3. The molecule has 10 nitrogen and oxygen atoms in total. The molecule has 0 bridgehead atoms. The highest BCUT2D eigenvalue weighted by Gasteiger charge is 2.31. The highest BCUT2D eigenvalue weighted by atomic mass is 16.5. The van der Waals surface area contributed by atoms with Gasteiger partial charge in [0.05, 0.1) is 12.2 Å². The summed E-state index contributed by atoms with van der Waals surface area (Å²) in [6.45, 7) is 2.41. The smallest absolute Gasteiger partial charge is 0.330 e. The number of aromatic nitrogens is 3. The summed E-state index contributed by atoms with van der Waals surface area (Å²) < 4.78 is 5.86. The van der Waals surface area contributed by atoms with E-state index in [2.05, 4.69) is 25.6 Å². The van der Waals surface area contributed by atoms with Gasteiger partial charge in [-0.15, -0.1) is 0 Å². The number of ether oxygens (including phenoxy) is 1. The average Bonchev–Trinajstić information content (AvgIpc) is 2.90. The van der Waals surface area contributed by atoms with Gasteiger partial charge in [0, 0.05) is 43.8 Å². The van der Waals surface area contributed by atoms with Crippen LogP contribution in [0.25, 0.3) is 0 Å². The Balaban J connectivity index is 1.35. The summed E-state index contributed by atoms with van der Waals surface area (Å²) in [5.41, 5.74) is 3.67. The molecule has 10 heteroatoms. The number of nitrogens with one attached hydrogen (secondary N) is 2. The number of urea groups is 1. The Kier molecular flexibility index (Phi) is 6.38. The number of aryl methyl sites for hydroxylation is 1. The molecule has 4 aromatic rings. The van der Waals surface area contributed by atoms with E-state index in [1.807, 2.05) is 43.3 Å². The van der Waals surface area contributed by atoms with Crippen LogP contribution in [0.4, 0.5) is 27.9 Å². The molecule has 0 saturated heterocycles. The summed E-state index contributed by atoms with van der Waals surface area (Å²) in [6, 6.07) is 18.1. The molecule has 0 atom stereocenters. The molecule has 2 aromatic carbocycles. The Morgan fingerprint density at radius 2 is 1.84 bits per heavy atom. The minimum atomic E-state index is -0.288. The molecule has 2 aromatic heterocycles. The number of rotatable bonds is 6. The fraction of sp³-hybridized carbons (Fsp3) is 0.148. The molecule has 3 heterocycles. The van der Waals surface area contributed by atoms with E-state index in [4.69, 9.17) is 4.74 Å². The fourth-order valence-electron chi connectivity index (χ4n) is 3.95. The second kappa shape index (κ2) is 9.94. The summed E-state index contributed by atoms with van der Waals surface area (Å²) in [5.74, 6) is 1.72. The predicted molar refractivity (Wildman–Crippen MR) is 140 cm³/mol. The monoisotopic (exact) mass is 495 g/mol. The van der Waals surface area contributed by atoms with Gasteiger partial charge in [-0.05, 0) is 55.0 Å². The zero-order valence-electron chi connectivity index (χ0n) is 20.6. The van der Waals surface area contributed by atoms with Crippen molar-refractivity contribution in [3.05, 3.63) is 89.9 Å². The molecule has 0 radical (unpaired) electrons. The first-order chi connectivity index (χ1) is 17.9. The predicted octanol–water partition coefficient (Wildman–Crippen LogP) is 4.78. The number of carbonyl (C=O) groups is 2. The summed E-state index contributed by atoms with van der Waals surface area (Å²) >= 11 is 0. The Morgan fingerprint density at radius 1 is 1.03 bits per heavy atom. The first-order valence-electron chi connectivity index (χ1n) is 11.6. The van der Waals surface area contributed by atoms with Crippen LogP contribution in [-0.2, 0) is 6.54 Å². The number of fused-ring (bicyclic) bond motifs is 1. The van der Waals surface area contributed by atoms with Crippen molar-refractivity contribution in [1.29, 1.82) is 0 Å². The molecule has 0 unspecified atom stereocenters. The van der Waals surface area contributed by atoms with Crippen molar-refractivity contribution < 1.29 is 14.3 Å². The maximum Gasteiger partial charge on any atom is 0.330 e. The van der Waals surface area contributed by atoms with Crippen LogP contribution in [0.2, 0.25) is 0 Å². The van der Waals surface area contributed by atoms with Gasteiger partial charge >= 0.3 is 6.03 Å². The van der Waals surface area contributed by atoms with Gasteiger partial charge in [-0.25, -0.2) is 14.7 Å². The third-order valence-corrected chi connectivity index (χ3v) is 5.78. The topological polar surface area (TPSA) is 113 Å². The second-order valence-corrected chi connectivity index (χ2v) is 8.56. The van der Waals surface area contributed by atoms with E-state index in [9.17, 15) is 9.59 Å². The van der Waals surface area contributed by atoms with Crippen molar-refractivity contribution in [2.45, 2.75) is 13.5 Å². The first-order valence-corrected chi connectivity index (χ1v) is 11.6. The summed E-state index contributed by atoms with van der Waals surface area (Å²) in [5, 5.41) is 5.73. The molecule has 0 spiro atoms. The van der Waals surface area contributed by atoms with Crippen molar-refractivity contribution in [2.24, 2.45) is 0 Å². The van der Waals surface area contributed by atoms with Crippen LogP contribution in [0.15, 0.2) is 73.1 Å². The van der Waals surface area contributed by atoms with Gasteiger partial charge in [0.2, 0.25) is 5.95 Å². The lowest BCUT2D eigenvalue weighted by Gasteiger charge is -2.34. The third-order valence-electron chi connectivity index (χ3n) is 5.78. The van der Waals surface area contributed by atoms with Crippen molar-refractivity contribution in [2.75, 3.05) is 24.3 Å². The summed E-state index contributed by atoms with van der Waals surface area (Å²) in [4.78, 5) is 41.3. The molecular formula is C27H25N7O3. The zero-order valence-corrected chi connectivity index (χ0v) is 20.6. The van der Waals surface area contributed by atoms with E-state index in [1.54, 1.807) is 54.4 Å². The number of pyridine rings is 1. The molecule has 3 amide bonds. The van der Waals surface area contributed by atoms with Crippen LogP contribution >= 0.6 is 0 Å². The van der Waals surface area contributed by atoms with Crippen LogP contribution in [-0.4, -0.2) is 45.9 Å². The highest BCUT2D eigenvalue weighted by Crippen LogP contribution is 2.34. The van der Waals surface area contributed by atoms with Crippen LogP contribution in [0.5, 0.6) is 11.5 Å². The molecule has 1 aliphatic heterocycles. The molecular weight excluding hydrogens is 470 g/mol. The zero-order chi connectivity index (χ0) is 25.9. The largest absolute Gasteiger partial charge is 0.457 e. The minimum Gasteiger partial charge on any atom is -0.457 e. The maximum atomic E-state index is 13.1. The van der Waals surface area contributed by atoms with Crippen LogP contribution < -0.4 is 20.3 Å². The summed E-state index contributed by atoms with van der Waals surface area (Å²) in [7, 11) is 3.31. The SMILES string of the molecule is CNC(=O)c1cc(Oc2ccc(Nc3ncc4c(n3)N(c3cccc(C)c3)C(=O)N(C)C4)cc2)ccn1. The number of hydrogen-bond donors (Lipinski definition) is 2. The van der Waals surface area contributed by atoms with E-state index in [0.29, 0.717) is 29.8 Å². The van der Waals surface area contributed by atoms with Gasteiger partial charge in [-0.3, -0.25) is 9.78 Å². The van der Waals surface area contributed by atoms with Gasteiger partial charge in [0.25, 0.3) is 5.91 Å². The molecule has 0 fully saturated rings. The second-order valence-electron chi connectivity index (χ2n) is 8.56. The lowest BCUT2D eigenvalue weighted by Crippen LogP contribution is -2.43. The van der Waals surface area contributed by atoms with Gasteiger partial charge < -0.3 is 20.3 Å². The van der Waals surface area contributed by atoms with Gasteiger partial charge in [-0.1, -0.05) is 12.1 Å². The van der Waals surface area contributed by atoms with Crippen LogP contribution in [0.1, 0.15) is 21.6 Å². The Hall–Kier alpha value is -4.99. The maximum absolute atomic E-state index is 13.1. The Bertz CT molecular complexity index is 1470. The van der Waals surface area contributed by atoms with E-state index >= 15 is 0 Å². The van der Waals surface area contributed by atoms with Crippen LogP contribution in [0.3, 0.4) is 0 Å². The normalized spacial score (nSPS) is 12.7. The Morgan fingerprint density at radius 3 is 2.59 bits per heavy atom. The van der Waals surface area contributed by atoms with Gasteiger partial charge in [0.1, 0.15) is 17.2 Å². The number of hydrogen-bond acceptors (Lipinski definition) is 7. The Labute approximate surface area is 214 Å². The van der Waals surface area contributed by atoms with Crippen molar-refractivity contribution in [3.8, 4) is 11.5 Å². The standard InChI is InChI=1S/C27H25N7O3/c1-17-5-4-6-20(13-17)34-24-18(16-33(3)27(34)36)15-30-26(32-24)31-19-7-9-21(10-8-19)37-22-11-12-29-23(14-22)25(35)28-2/h4-15H,16H2,1-3H3,(H,28,35)(H,30,31,32). The number of benzene rings is 2. The number of anilines is 4. The van der Waals surface area contributed by atoms with Gasteiger partial charge in [0.15, 0.2) is 5.82 Å². The van der Waals surface area contributed by atoms with Crippen molar-refractivity contribution in [3.63, 3.8) is 0 Å². The fourth-order valence-corrected chi connectivity index (χ4v) is 3.95. The van der Waals surface area contributed by atoms with Crippen LogP contribution in [0, 0.1) is 6.92 Å². The van der Waals surface area contributed by atoms with E-state index in [0.717, 1.165) is 22.5 Å². The molecule has 0 aliphatic carbocycles. The minimum absolute atomic E-state index is 0.153. The average molecular weight is 496 g/mol. The van der Waals surface area contributed by atoms with Crippen molar-refractivity contribution >= 4 is 35.1 Å². The molecule has 1 aliphatic rings. The molecule has 37 heavy (non-hydrogen) atoms. The molecule has 0 saturated carbocycles. The number of nitrogens with zero attached hydrogens (tertiary/aromatic N) is 5. The lowest BCUT2D eigenvalue weighted by atomic mass is 10.1. The van der Waals surface area contributed by atoms with E-state index < -0.39 is 0 Å². The lowest BCUT2D eigenvalue weighted by molar-refractivity contribution is 0.0957. The first kappa shape index (κ1) is 23.7. The van der Waals surface area contributed by atoms with E-state index in [1.165, 1.54) is 6.20 Å². The molecule has 186 valence electrons. The van der Waals surface area contributed by atoms with Crippen molar-refractivity contribution in [1.82, 2.24) is 25.2 Å². The molecule has 2 N–H and O–H groups in total. The third kappa shape index (κ3) is 5.03. The summed E-state index contributed by atoms with van der Waals surface area (Å²) in [6.07, 6.45) is 3.26. The highest BCUT2D eigenvalue weighted by molar-refractivity contribution is 6.00.